The molecule has 0 aliphatic carbocycles. The van der Waals surface area contributed by atoms with E-state index in [1.165, 1.54) is 5.56 Å². The average Bonchev–Trinajstić information content (AvgIpc) is 3.23. The van der Waals surface area contributed by atoms with Gasteiger partial charge in [-0.3, -0.25) is 4.98 Å². The molecule has 2 atom stereocenters. The smallest absolute Gasteiger partial charge is 0.170 e. The minimum absolute atomic E-state index is 0.000356. The molecule has 0 unspecified atom stereocenters. The summed E-state index contributed by atoms with van der Waals surface area (Å²) >= 11 is 5.70. The van der Waals surface area contributed by atoms with E-state index in [4.69, 9.17) is 17.0 Å². The summed E-state index contributed by atoms with van der Waals surface area (Å²) in [5.41, 5.74) is 5.43. The lowest BCUT2D eigenvalue weighted by atomic mass is 9.97. The van der Waals surface area contributed by atoms with E-state index in [2.05, 4.69) is 39.7 Å². The fraction of sp³-hybridized carbons (Fsp3) is 0.304. The van der Waals surface area contributed by atoms with E-state index in [0.29, 0.717) is 18.3 Å². The topological polar surface area (TPSA) is 62.5 Å². The number of phenols is 1. The van der Waals surface area contributed by atoms with Gasteiger partial charge in [-0.15, -0.1) is 0 Å². The molecule has 0 amide bonds. The first-order valence-corrected chi connectivity index (χ1v) is 10.4. The number of pyridine rings is 1. The average molecular weight is 423 g/mol. The molecule has 3 aromatic rings. The van der Waals surface area contributed by atoms with Crippen molar-refractivity contribution >= 4 is 17.3 Å². The van der Waals surface area contributed by atoms with Gasteiger partial charge in [0.25, 0.3) is 0 Å². The molecule has 0 spiro atoms. The van der Waals surface area contributed by atoms with E-state index in [-0.39, 0.29) is 17.8 Å². The first-order valence-electron chi connectivity index (χ1n) is 9.96. The number of aromatic hydroxyl groups is 1. The van der Waals surface area contributed by atoms with Gasteiger partial charge in [0, 0.05) is 36.9 Å². The van der Waals surface area contributed by atoms with E-state index in [1.54, 1.807) is 19.2 Å². The van der Waals surface area contributed by atoms with Crippen molar-refractivity contribution in [3.8, 4) is 11.4 Å². The Hall–Kier alpha value is -2.90. The van der Waals surface area contributed by atoms with Crippen molar-refractivity contribution in [1.29, 1.82) is 0 Å². The largest absolute Gasteiger partial charge is 0.508 e. The summed E-state index contributed by atoms with van der Waals surface area (Å²) in [4.78, 5) is 6.79. The minimum Gasteiger partial charge on any atom is -0.508 e. The molecular weight excluding hydrogens is 396 g/mol. The van der Waals surface area contributed by atoms with Crippen LogP contribution in [0, 0.1) is 13.8 Å². The van der Waals surface area contributed by atoms with Crippen LogP contribution in [0.15, 0.2) is 54.7 Å². The van der Waals surface area contributed by atoms with Gasteiger partial charge in [0.15, 0.2) is 5.11 Å². The van der Waals surface area contributed by atoms with Crippen molar-refractivity contribution in [1.82, 2.24) is 19.8 Å². The van der Waals surface area contributed by atoms with Gasteiger partial charge in [-0.25, -0.2) is 0 Å². The maximum Gasteiger partial charge on any atom is 0.170 e. The summed E-state index contributed by atoms with van der Waals surface area (Å²) in [6, 6.07) is 15.4. The molecule has 0 radical (unpaired) electrons. The van der Waals surface area contributed by atoms with E-state index in [1.807, 2.05) is 36.5 Å². The number of hydrogen-bond donors (Lipinski definition) is 2. The summed E-state index contributed by atoms with van der Waals surface area (Å²) in [7, 11) is 1.70. The number of nitrogens with zero attached hydrogens (tertiary/aromatic N) is 3. The van der Waals surface area contributed by atoms with Crippen LogP contribution in [0.2, 0.25) is 0 Å². The lowest BCUT2D eigenvalue weighted by molar-refractivity contribution is 0.164. The zero-order chi connectivity index (χ0) is 21.3. The Balaban J connectivity index is 1.81. The molecule has 1 aliphatic rings. The van der Waals surface area contributed by atoms with Crippen LogP contribution >= 0.6 is 12.2 Å². The first-order chi connectivity index (χ1) is 14.5. The second-order valence-electron chi connectivity index (χ2n) is 7.49. The highest BCUT2D eigenvalue weighted by molar-refractivity contribution is 7.80. The van der Waals surface area contributed by atoms with Crippen LogP contribution < -0.4 is 5.32 Å². The van der Waals surface area contributed by atoms with Crippen molar-refractivity contribution in [2.45, 2.75) is 25.9 Å². The molecule has 4 rings (SSSR count). The molecule has 1 aromatic carbocycles. The highest BCUT2D eigenvalue weighted by atomic mass is 32.1. The molecule has 7 heteroatoms. The van der Waals surface area contributed by atoms with Gasteiger partial charge in [0.1, 0.15) is 5.75 Å². The Labute approximate surface area is 182 Å². The zero-order valence-corrected chi connectivity index (χ0v) is 18.2. The molecule has 0 saturated carbocycles. The quantitative estimate of drug-likeness (QED) is 0.589. The number of benzene rings is 1. The molecule has 1 fully saturated rings. The predicted octanol–water partition coefficient (Wildman–Crippen LogP) is 3.81. The number of nitrogens with one attached hydrogen (secondary N) is 1. The lowest BCUT2D eigenvalue weighted by Crippen LogP contribution is -2.32. The van der Waals surface area contributed by atoms with Crippen LogP contribution in [0.5, 0.6) is 5.75 Å². The fourth-order valence-electron chi connectivity index (χ4n) is 4.26. The number of phenolic OH excluding ortho intramolecular Hbond substituents is 1. The molecule has 2 aromatic heterocycles. The molecule has 1 saturated heterocycles. The molecule has 0 bridgehead atoms. The molecule has 156 valence electrons. The molecule has 1 aliphatic heterocycles. The first kappa shape index (κ1) is 20.4. The fourth-order valence-corrected chi connectivity index (χ4v) is 4.59. The van der Waals surface area contributed by atoms with Crippen molar-refractivity contribution in [3.63, 3.8) is 0 Å². The normalized spacial score (nSPS) is 18.6. The Bertz CT molecular complexity index is 1030. The second kappa shape index (κ2) is 8.45. The maximum atomic E-state index is 9.67. The van der Waals surface area contributed by atoms with Gasteiger partial charge < -0.3 is 24.6 Å². The van der Waals surface area contributed by atoms with Crippen LogP contribution in [-0.4, -0.2) is 44.9 Å². The third-order valence-electron chi connectivity index (χ3n) is 5.63. The predicted molar refractivity (Wildman–Crippen MR) is 121 cm³/mol. The Morgan fingerprint density at radius 1 is 1.17 bits per heavy atom. The number of rotatable bonds is 6. The number of hydrogen-bond acceptors (Lipinski definition) is 4. The Morgan fingerprint density at radius 3 is 2.60 bits per heavy atom. The number of aryl methyl sites for hydroxylation is 1. The zero-order valence-electron chi connectivity index (χ0n) is 17.4. The van der Waals surface area contributed by atoms with Crippen molar-refractivity contribution in [2.75, 3.05) is 20.3 Å². The highest BCUT2D eigenvalue weighted by Gasteiger charge is 2.41. The van der Waals surface area contributed by atoms with E-state index < -0.39 is 0 Å². The summed E-state index contributed by atoms with van der Waals surface area (Å²) in [6.07, 6.45) is 1.81. The van der Waals surface area contributed by atoms with Gasteiger partial charge in [-0.2, -0.15) is 0 Å². The molecule has 2 N–H and O–H groups in total. The number of aromatic nitrogens is 2. The van der Waals surface area contributed by atoms with Crippen LogP contribution in [0.4, 0.5) is 0 Å². The van der Waals surface area contributed by atoms with Crippen molar-refractivity contribution in [3.05, 3.63) is 77.4 Å². The van der Waals surface area contributed by atoms with Crippen molar-refractivity contribution < 1.29 is 9.84 Å². The van der Waals surface area contributed by atoms with E-state index >= 15 is 0 Å². The standard InChI is InChI=1S/C23H26N4O2S/c1-15-14-19(16(2)27(15)17-7-9-18(28)10-8-17)22-21(20-6-4-5-11-24-20)25-23(30)26(22)12-13-29-3/h4-11,14,21-22,28H,12-13H2,1-3H3,(H,25,30)/t21-,22-/m1/s1. The SMILES string of the molecule is COCCN1C(=S)N[C@H](c2ccccn2)[C@H]1c1cc(C)n(-c2ccc(O)cc2)c1C. The van der Waals surface area contributed by atoms with Crippen LogP contribution in [-0.2, 0) is 4.74 Å². The van der Waals surface area contributed by atoms with Gasteiger partial charge >= 0.3 is 0 Å². The number of thiocarbonyl (C=S) groups is 1. The van der Waals surface area contributed by atoms with E-state index in [0.717, 1.165) is 22.8 Å². The van der Waals surface area contributed by atoms with Gasteiger partial charge in [0.2, 0.25) is 0 Å². The Kier molecular flexibility index (Phi) is 5.74. The molecular formula is C23H26N4O2S. The lowest BCUT2D eigenvalue weighted by Gasteiger charge is -2.28. The summed E-state index contributed by atoms with van der Waals surface area (Å²) in [5.74, 6) is 0.257. The monoisotopic (exact) mass is 422 g/mol. The number of methoxy groups -OCH3 is 1. The van der Waals surface area contributed by atoms with Gasteiger partial charge in [-0.1, -0.05) is 6.07 Å². The summed E-state index contributed by atoms with van der Waals surface area (Å²) < 4.78 is 7.55. The Morgan fingerprint density at radius 2 is 1.93 bits per heavy atom. The highest BCUT2D eigenvalue weighted by Crippen LogP contribution is 2.41. The van der Waals surface area contributed by atoms with Crippen molar-refractivity contribution in [2.24, 2.45) is 0 Å². The molecule has 6 nitrogen and oxygen atoms in total. The van der Waals surface area contributed by atoms with Gasteiger partial charge in [0.05, 0.1) is 24.4 Å². The molecule has 30 heavy (non-hydrogen) atoms. The van der Waals surface area contributed by atoms with Crippen LogP contribution in [0.1, 0.15) is 34.7 Å². The third kappa shape index (κ3) is 3.66. The van der Waals surface area contributed by atoms with Crippen LogP contribution in [0.3, 0.4) is 0 Å². The number of ether oxygens (including phenoxy) is 1. The third-order valence-corrected chi connectivity index (χ3v) is 5.98. The second-order valence-corrected chi connectivity index (χ2v) is 7.88. The molecule has 3 heterocycles. The summed E-state index contributed by atoms with van der Waals surface area (Å²) in [6.45, 7) is 5.50. The van der Waals surface area contributed by atoms with Crippen LogP contribution in [0.25, 0.3) is 5.69 Å². The minimum atomic E-state index is -0.0516. The maximum absolute atomic E-state index is 9.67. The van der Waals surface area contributed by atoms with E-state index in [9.17, 15) is 5.11 Å². The van der Waals surface area contributed by atoms with Gasteiger partial charge in [-0.05, 0) is 74.1 Å². The summed E-state index contributed by atoms with van der Waals surface area (Å²) in [5, 5.41) is 13.9.